The molecule has 0 spiro atoms. The smallest absolute Gasteiger partial charge is 0.258 e. The van der Waals surface area contributed by atoms with E-state index < -0.39 is 25.7 Å². The quantitative estimate of drug-likeness (QED) is 0.277. The van der Waals surface area contributed by atoms with Gasteiger partial charge in [-0.25, -0.2) is 8.42 Å². The molecular formula is C8H5ClN2O4S2. The van der Waals surface area contributed by atoms with Crippen LogP contribution in [-0.4, -0.2) is 18.6 Å². The van der Waals surface area contributed by atoms with Crippen LogP contribution in [0.25, 0.3) is 0 Å². The number of sulfone groups is 1. The molecule has 0 radical (unpaired) electrons. The van der Waals surface area contributed by atoms with E-state index in [-0.39, 0.29) is 9.79 Å². The van der Waals surface area contributed by atoms with Crippen LogP contribution >= 0.6 is 23.4 Å². The molecule has 0 aliphatic rings. The molecule has 0 saturated carbocycles. The minimum absolute atomic E-state index is 0.0889. The van der Waals surface area contributed by atoms with E-state index in [0.29, 0.717) is 11.8 Å². The molecule has 0 aliphatic carbocycles. The van der Waals surface area contributed by atoms with Crippen molar-refractivity contribution in [3.63, 3.8) is 0 Å². The first-order valence-electron chi connectivity index (χ1n) is 4.05. The van der Waals surface area contributed by atoms with Crippen LogP contribution in [0, 0.1) is 20.8 Å². The molecule has 17 heavy (non-hydrogen) atoms. The molecule has 0 bridgehead atoms. The average Bonchev–Trinajstić information content (AvgIpc) is 2.29. The number of nitriles is 1. The Morgan fingerprint density at radius 2 is 2.18 bits per heavy atom. The average molecular weight is 293 g/mol. The van der Waals surface area contributed by atoms with Gasteiger partial charge in [-0.1, -0.05) is 0 Å². The van der Waals surface area contributed by atoms with Crippen molar-refractivity contribution < 1.29 is 13.3 Å². The lowest BCUT2D eigenvalue weighted by molar-refractivity contribution is -0.387. The maximum Gasteiger partial charge on any atom is 0.285 e. The van der Waals surface area contributed by atoms with Crippen LogP contribution in [-0.2, 0) is 9.84 Å². The summed E-state index contributed by atoms with van der Waals surface area (Å²) in [5.41, 5.74) is -0.428. The van der Waals surface area contributed by atoms with Crippen molar-refractivity contribution in [1.29, 1.82) is 5.26 Å². The van der Waals surface area contributed by atoms with Gasteiger partial charge < -0.3 is 0 Å². The summed E-state index contributed by atoms with van der Waals surface area (Å²) in [6.45, 7) is 0. The summed E-state index contributed by atoms with van der Waals surface area (Å²) in [6, 6.07) is 3.30. The molecule has 0 unspecified atom stereocenters. The molecule has 6 nitrogen and oxygen atoms in total. The van der Waals surface area contributed by atoms with Crippen molar-refractivity contribution in [3.8, 4) is 5.40 Å². The van der Waals surface area contributed by atoms with E-state index >= 15 is 0 Å². The lowest BCUT2D eigenvalue weighted by Crippen LogP contribution is -2.03. The second-order valence-corrected chi connectivity index (χ2v) is 6.20. The molecule has 1 aromatic rings. The third-order valence-electron chi connectivity index (χ3n) is 1.79. The van der Waals surface area contributed by atoms with Crippen LogP contribution in [0.1, 0.15) is 0 Å². The van der Waals surface area contributed by atoms with E-state index in [1.54, 1.807) is 5.40 Å². The van der Waals surface area contributed by atoms with Gasteiger partial charge in [-0.15, -0.1) is 11.6 Å². The number of nitro groups is 1. The van der Waals surface area contributed by atoms with Crippen LogP contribution in [0.15, 0.2) is 28.0 Å². The second kappa shape index (κ2) is 5.35. The molecule has 0 saturated heterocycles. The SMILES string of the molecule is N#CSc1ccc(S(=O)(=O)CCl)cc1[N+](=O)[O-]. The van der Waals surface area contributed by atoms with E-state index in [1.165, 1.54) is 12.1 Å². The summed E-state index contributed by atoms with van der Waals surface area (Å²) in [7, 11) is -3.72. The zero-order valence-electron chi connectivity index (χ0n) is 8.16. The molecule has 1 aromatic carbocycles. The van der Waals surface area contributed by atoms with Gasteiger partial charge >= 0.3 is 0 Å². The van der Waals surface area contributed by atoms with Crippen molar-refractivity contribution in [1.82, 2.24) is 0 Å². The van der Waals surface area contributed by atoms with Gasteiger partial charge in [0, 0.05) is 6.07 Å². The Morgan fingerprint density at radius 1 is 1.53 bits per heavy atom. The summed E-state index contributed by atoms with van der Waals surface area (Å²) in [5.74, 6) is 0. The summed E-state index contributed by atoms with van der Waals surface area (Å²) in [5, 5.41) is 20.2. The highest BCUT2D eigenvalue weighted by Gasteiger charge is 2.21. The van der Waals surface area contributed by atoms with Gasteiger partial charge in [-0.2, -0.15) is 5.26 Å². The maximum atomic E-state index is 11.4. The molecule has 0 aromatic heterocycles. The first kappa shape index (κ1) is 13.8. The van der Waals surface area contributed by atoms with Gasteiger partial charge in [0.25, 0.3) is 5.69 Å². The summed E-state index contributed by atoms with van der Waals surface area (Å²) >= 11 is 5.84. The fraction of sp³-hybridized carbons (Fsp3) is 0.125. The highest BCUT2D eigenvalue weighted by Crippen LogP contribution is 2.31. The van der Waals surface area contributed by atoms with E-state index in [9.17, 15) is 18.5 Å². The fourth-order valence-electron chi connectivity index (χ4n) is 1.03. The van der Waals surface area contributed by atoms with Crippen LogP contribution in [0.3, 0.4) is 0 Å². The topological polar surface area (TPSA) is 101 Å². The molecule has 90 valence electrons. The van der Waals surface area contributed by atoms with Crippen LogP contribution in [0.4, 0.5) is 5.69 Å². The Kier molecular flexibility index (Phi) is 4.34. The number of nitrogens with zero attached hydrogens (tertiary/aromatic N) is 2. The normalized spacial score (nSPS) is 10.8. The molecule has 0 amide bonds. The standard InChI is InChI=1S/C8H5ClN2O4S2/c9-4-17(14,15)6-1-2-8(16-5-10)7(3-6)11(12)13/h1-3H,4H2. The number of benzene rings is 1. The molecule has 0 aliphatic heterocycles. The Labute approximate surface area is 106 Å². The minimum Gasteiger partial charge on any atom is -0.258 e. The molecule has 0 fully saturated rings. The van der Waals surface area contributed by atoms with Crippen LogP contribution in [0.5, 0.6) is 0 Å². The highest BCUT2D eigenvalue weighted by molar-refractivity contribution is 8.03. The zero-order chi connectivity index (χ0) is 13.1. The molecule has 9 heteroatoms. The third-order valence-corrected chi connectivity index (χ3v) is 4.56. The minimum atomic E-state index is -3.72. The van der Waals surface area contributed by atoms with Crippen molar-refractivity contribution >= 4 is 38.9 Å². The van der Waals surface area contributed by atoms with Gasteiger partial charge in [-0.05, 0) is 23.9 Å². The van der Waals surface area contributed by atoms with Crippen molar-refractivity contribution in [3.05, 3.63) is 28.3 Å². The summed E-state index contributed by atoms with van der Waals surface area (Å²) in [4.78, 5) is 9.83. The number of alkyl halides is 1. The number of halogens is 1. The third kappa shape index (κ3) is 3.09. The number of thiocyanates is 1. The first-order chi connectivity index (χ1) is 7.92. The Bertz CT molecular complexity index is 594. The second-order valence-electron chi connectivity index (χ2n) is 2.80. The number of nitro benzene ring substituents is 1. The number of thioether (sulfide) groups is 1. The van der Waals surface area contributed by atoms with Crippen molar-refractivity contribution in [2.45, 2.75) is 9.79 Å². The first-order valence-corrected chi connectivity index (χ1v) is 7.06. The monoisotopic (exact) mass is 292 g/mol. The molecule has 0 N–H and O–H groups in total. The van der Waals surface area contributed by atoms with Gasteiger partial charge in [0.2, 0.25) is 0 Å². The summed E-state index contributed by atoms with van der Waals surface area (Å²) in [6.07, 6.45) is 0. The largest absolute Gasteiger partial charge is 0.285 e. The molecule has 0 heterocycles. The molecule has 1 rings (SSSR count). The number of rotatable bonds is 4. The lowest BCUT2D eigenvalue weighted by atomic mass is 10.3. The summed E-state index contributed by atoms with van der Waals surface area (Å²) < 4.78 is 22.8. The van der Waals surface area contributed by atoms with Crippen LogP contribution in [0.2, 0.25) is 0 Å². The highest BCUT2D eigenvalue weighted by atomic mass is 35.5. The molecular weight excluding hydrogens is 288 g/mol. The van der Waals surface area contributed by atoms with Crippen molar-refractivity contribution in [2.24, 2.45) is 0 Å². The number of hydrogen-bond acceptors (Lipinski definition) is 6. The van der Waals surface area contributed by atoms with Gasteiger partial charge in [-0.3, -0.25) is 10.1 Å². The predicted octanol–water partition coefficient (Wildman–Crippen LogP) is 2.14. The van der Waals surface area contributed by atoms with Gasteiger partial charge in [0.1, 0.15) is 15.5 Å². The van der Waals surface area contributed by atoms with Crippen molar-refractivity contribution in [2.75, 3.05) is 5.21 Å². The maximum absolute atomic E-state index is 11.4. The number of hydrogen-bond donors (Lipinski definition) is 0. The van der Waals surface area contributed by atoms with Gasteiger partial charge in [0.05, 0.1) is 9.82 Å². The Morgan fingerprint density at radius 3 is 2.65 bits per heavy atom. The Hall–Kier alpha value is -1.30. The van der Waals surface area contributed by atoms with Gasteiger partial charge in [0.15, 0.2) is 9.84 Å². The zero-order valence-corrected chi connectivity index (χ0v) is 10.5. The molecule has 0 atom stereocenters. The van der Waals surface area contributed by atoms with E-state index in [1.807, 2.05) is 0 Å². The van der Waals surface area contributed by atoms with E-state index in [4.69, 9.17) is 16.9 Å². The van der Waals surface area contributed by atoms with Crippen LogP contribution < -0.4 is 0 Å². The van der Waals surface area contributed by atoms with E-state index in [2.05, 4.69) is 0 Å². The predicted molar refractivity (Wildman–Crippen MR) is 62.5 cm³/mol. The lowest BCUT2D eigenvalue weighted by Gasteiger charge is -2.02. The Balaban J connectivity index is 3.39. The van der Waals surface area contributed by atoms with E-state index in [0.717, 1.165) is 6.07 Å². The fourth-order valence-corrected chi connectivity index (χ4v) is 2.57.